The van der Waals surface area contributed by atoms with Crippen molar-refractivity contribution in [1.29, 1.82) is 0 Å². The number of nitrogens with zero attached hydrogens (tertiary/aromatic N) is 2. The van der Waals surface area contributed by atoms with E-state index in [1.165, 1.54) is 4.90 Å². The van der Waals surface area contributed by atoms with Crippen LogP contribution >= 0.6 is 0 Å². The Kier molecular flexibility index (Phi) is 2.99. The molecule has 5 heteroatoms. The predicted octanol–water partition coefficient (Wildman–Crippen LogP) is 1.93. The minimum absolute atomic E-state index is 0.283. The number of fused-ring (bicyclic) bond motifs is 1. The molecule has 2 aromatic rings. The summed E-state index contributed by atoms with van der Waals surface area (Å²) >= 11 is 0. The standard InChI is InChI=1S/C15H16N2O3/c1-16(8-10-5-6-20-9-10)11-3-4-12-13(7-11)17(2)15(19)14(12)18/h3-7,9,14,18H,8H2,1-2H3. The number of carbonyl (C=O) groups excluding carboxylic acids is 1. The molecular formula is C15H16N2O3. The molecule has 1 unspecified atom stereocenters. The number of amides is 1. The second-order valence-electron chi connectivity index (χ2n) is 5.03. The molecule has 104 valence electrons. The Bertz CT molecular complexity index is 637. The topological polar surface area (TPSA) is 56.9 Å². The van der Waals surface area contributed by atoms with Crippen molar-refractivity contribution in [3.05, 3.63) is 47.9 Å². The molecule has 3 rings (SSSR count). The zero-order chi connectivity index (χ0) is 14.3. The van der Waals surface area contributed by atoms with Gasteiger partial charge >= 0.3 is 0 Å². The van der Waals surface area contributed by atoms with Crippen LogP contribution in [-0.2, 0) is 11.3 Å². The summed E-state index contributed by atoms with van der Waals surface area (Å²) in [6.45, 7) is 0.718. The summed E-state index contributed by atoms with van der Waals surface area (Å²) in [6, 6.07) is 7.56. The average molecular weight is 272 g/mol. The van der Waals surface area contributed by atoms with Crippen LogP contribution in [0.5, 0.6) is 0 Å². The van der Waals surface area contributed by atoms with E-state index in [-0.39, 0.29) is 5.91 Å². The summed E-state index contributed by atoms with van der Waals surface area (Å²) in [6.07, 6.45) is 2.32. The maximum atomic E-state index is 11.7. The number of hydrogen-bond acceptors (Lipinski definition) is 4. The molecule has 1 N–H and O–H groups in total. The van der Waals surface area contributed by atoms with Gasteiger partial charge in [-0.25, -0.2) is 0 Å². The quantitative estimate of drug-likeness (QED) is 0.927. The van der Waals surface area contributed by atoms with Gasteiger partial charge in [0.25, 0.3) is 5.91 Å². The predicted molar refractivity (Wildman–Crippen MR) is 75.6 cm³/mol. The van der Waals surface area contributed by atoms with Gasteiger partial charge in [0.15, 0.2) is 6.10 Å². The van der Waals surface area contributed by atoms with Crippen LogP contribution in [0.4, 0.5) is 11.4 Å². The van der Waals surface area contributed by atoms with Gasteiger partial charge in [0.1, 0.15) is 0 Å². The average Bonchev–Trinajstić information content (AvgIpc) is 3.03. The summed E-state index contributed by atoms with van der Waals surface area (Å²) in [7, 11) is 3.65. The van der Waals surface area contributed by atoms with Gasteiger partial charge in [-0.1, -0.05) is 6.07 Å². The molecular weight excluding hydrogens is 256 g/mol. The van der Waals surface area contributed by atoms with E-state index in [2.05, 4.69) is 4.90 Å². The molecule has 5 nitrogen and oxygen atoms in total. The van der Waals surface area contributed by atoms with E-state index in [1.807, 2.05) is 31.3 Å². The third-order valence-corrected chi connectivity index (χ3v) is 3.68. The van der Waals surface area contributed by atoms with E-state index in [1.54, 1.807) is 19.6 Å². The zero-order valence-electron chi connectivity index (χ0n) is 11.4. The Labute approximate surface area is 117 Å². The first-order valence-corrected chi connectivity index (χ1v) is 6.39. The molecule has 1 atom stereocenters. The van der Waals surface area contributed by atoms with Crippen LogP contribution in [0.1, 0.15) is 17.2 Å². The van der Waals surface area contributed by atoms with Crippen LogP contribution in [0, 0.1) is 0 Å². The Balaban J connectivity index is 1.88. The Morgan fingerprint density at radius 1 is 1.40 bits per heavy atom. The number of aliphatic hydroxyl groups is 1. The molecule has 1 aliphatic heterocycles. The number of rotatable bonds is 3. The smallest absolute Gasteiger partial charge is 0.260 e. The van der Waals surface area contributed by atoms with Crippen LogP contribution in [-0.4, -0.2) is 25.1 Å². The molecule has 1 amide bonds. The van der Waals surface area contributed by atoms with Gasteiger partial charge in [-0.2, -0.15) is 0 Å². The zero-order valence-corrected chi connectivity index (χ0v) is 11.4. The Morgan fingerprint density at radius 2 is 2.20 bits per heavy atom. The third-order valence-electron chi connectivity index (χ3n) is 3.68. The number of benzene rings is 1. The highest BCUT2D eigenvalue weighted by Gasteiger charge is 2.33. The monoisotopic (exact) mass is 272 g/mol. The largest absolute Gasteiger partial charge is 0.472 e. The van der Waals surface area contributed by atoms with Crippen molar-refractivity contribution >= 4 is 17.3 Å². The fraction of sp³-hybridized carbons (Fsp3) is 0.267. The number of aliphatic hydroxyl groups excluding tert-OH is 1. The molecule has 1 aromatic carbocycles. The number of hydrogen-bond donors (Lipinski definition) is 1. The van der Waals surface area contributed by atoms with E-state index in [9.17, 15) is 9.90 Å². The lowest BCUT2D eigenvalue weighted by molar-refractivity contribution is -0.125. The maximum absolute atomic E-state index is 11.7. The molecule has 0 bridgehead atoms. The van der Waals surface area contributed by atoms with Crippen molar-refractivity contribution < 1.29 is 14.3 Å². The summed E-state index contributed by atoms with van der Waals surface area (Å²) < 4.78 is 5.06. The van der Waals surface area contributed by atoms with E-state index >= 15 is 0 Å². The van der Waals surface area contributed by atoms with Crippen molar-refractivity contribution in [3.8, 4) is 0 Å². The molecule has 0 saturated heterocycles. The lowest BCUT2D eigenvalue weighted by Crippen LogP contribution is -2.23. The van der Waals surface area contributed by atoms with Gasteiger partial charge < -0.3 is 19.3 Å². The summed E-state index contributed by atoms with van der Waals surface area (Å²) in [5.41, 5.74) is 3.49. The Hall–Kier alpha value is -2.27. The van der Waals surface area contributed by atoms with Crippen molar-refractivity contribution in [2.75, 3.05) is 23.9 Å². The van der Waals surface area contributed by atoms with Crippen molar-refractivity contribution in [2.24, 2.45) is 0 Å². The normalized spacial score (nSPS) is 17.4. The highest BCUT2D eigenvalue weighted by molar-refractivity contribution is 6.03. The van der Waals surface area contributed by atoms with Gasteiger partial charge in [0.2, 0.25) is 0 Å². The van der Waals surface area contributed by atoms with Gasteiger partial charge in [-0.05, 0) is 18.2 Å². The number of anilines is 2. The number of likely N-dealkylation sites (N-methyl/N-ethyl adjacent to an activating group) is 1. The van der Waals surface area contributed by atoms with E-state index in [0.29, 0.717) is 5.56 Å². The molecule has 0 saturated carbocycles. The summed E-state index contributed by atoms with van der Waals surface area (Å²) in [5, 5.41) is 9.84. The first kappa shape index (κ1) is 12.7. The fourth-order valence-electron chi connectivity index (χ4n) is 2.47. The lowest BCUT2D eigenvalue weighted by atomic mass is 10.1. The number of carbonyl (C=O) groups is 1. The molecule has 0 fully saturated rings. The second kappa shape index (κ2) is 4.68. The molecule has 0 aliphatic carbocycles. The van der Waals surface area contributed by atoms with Crippen LogP contribution in [0.3, 0.4) is 0 Å². The SMILES string of the molecule is CN(Cc1ccoc1)c1ccc2c(c1)N(C)C(=O)C2O. The summed E-state index contributed by atoms with van der Waals surface area (Å²) in [5.74, 6) is -0.283. The highest BCUT2D eigenvalue weighted by Crippen LogP contribution is 2.37. The van der Waals surface area contributed by atoms with Gasteiger partial charge in [0, 0.05) is 37.5 Å². The highest BCUT2D eigenvalue weighted by atomic mass is 16.3. The lowest BCUT2D eigenvalue weighted by Gasteiger charge is -2.20. The third kappa shape index (κ3) is 1.96. The molecule has 20 heavy (non-hydrogen) atoms. The van der Waals surface area contributed by atoms with Crippen molar-refractivity contribution in [3.63, 3.8) is 0 Å². The second-order valence-corrected chi connectivity index (χ2v) is 5.03. The minimum Gasteiger partial charge on any atom is -0.472 e. The molecule has 2 heterocycles. The Morgan fingerprint density at radius 3 is 2.90 bits per heavy atom. The molecule has 1 aliphatic rings. The molecule has 1 aromatic heterocycles. The first-order chi connectivity index (χ1) is 9.58. The van der Waals surface area contributed by atoms with Crippen LogP contribution in [0.25, 0.3) is 0 Å². The maximum Gasteiger partial charge on any atom is 0.260 e. The fourth-order valence-corrected chi connectivity index (χ4v) is 2.47. The van der Waals surface area contributed by atoms with Crippen LogP contribution in [0.15, 0.2) is 41.2 Å². The van der Waals surface area contributed by atoms with E-state index in [0.717, 1.165) is 23.5 Å². The van der Waals surface area contributed by atoms with Gasteiger partial charge in [-0.3, -0.25) is 4.79 Å². The van der Waals surface area contributed by atoms with E-state index in [4.69, 9.17) is 4.42 Å². The van der Waals surface area contributed by atoms with E-state index < -0.39 is 6.10 Å². The first-order valence-electron chi connectivity index (χ1n) is 6.39. The number of furan rings is 1. The summed E-state index contributed by atoms with van der Waals surface area (Å²) in [4.78, 5) is 15.3. The van der Waals surface area contributed by atoms with Gasteiger partial charge in [0.05, 0.1) is 18.2 Å². The van der Waals surface area contributed by atoms with Crippen LogP contribution < -0.4 is 9.80 Å². The van der Waals surface area contributed by atoms with Crippen molar-refractivity contribution in [1.82, 2.24) is 0 Å². The van der Waals surface area contributed by atoms with Crippen LogP contribution in [0.2, 0.25) is 0 Å². The molecule has 0 radical (unpaired) electrons. The van der Waals surface area contributed by atoms with Crippen molar-refractivity contribution in [2.45, 2.75) is 12.6 Å². The minimum atomic E-state index is -1.04. The van der Waals surface area contributed by atoms with Gasteiger partial charge in [-0.15, -0.1) is 0 Å². The molecule has 0 spiro atoms.